The molecule has 0 bridgehead atoms. The van der Waals surface area contributed by atoms with Gasteiger partial charge in [0.05, 0.1) is 0 Å². The Labute approximate surface area is 287 Å². The van der Waals surface area contributed by atoms with Crippen LogP contribution >= 0.6 is 7.60 Å². The van der Waals surface area contributed by atoms with Crippen molar-refractivity contribution in [1.29, 1.82) is 0 Å². The molecular formula is C36H46N3O9P. The molecule has 49 heavy (non-hydrogen) atoms. The van der Waals surface area contributed by atoms with Crippen LogP contribution in [-0.2, 0) is 30.1 Å². The standard InChI is InChI=1S/C36H46N3O9P/c1-25(2)23-29(37-33(42)30(24-26-15-9-6-10-16-26)38-35(44)46-36(3,4)5)34(43)39-31(21-22-32(40)41)49(45,47-27-17-11-7-12-18-27)48-28-19-13-8-14-20-28/h6-20,25,29-31H,21-24H2,1-5H3,(H,37,42)(H,38,44)(H,39,43)(H,40,41)/t29-,30-,31+/m0/s1. The number of carboxylic acids is 1. The number of nitrogens with one attached hydrogen (secondary N) is 3. The zero-order valence-electron chi connectivity index (χ0n) is 28.5. The lowest BCUT2D eigenvalue weighted by Gasteiger charge is -2.30. The van der Waals surface area contributed by atoms with Crippen LogP contribution in [0.1, 0.15) is 59.4 Å². The van der Waals surface area contributed by atoms with Gasteiger partial charge >= 0.3 is 19.7 Å². The molecule has 13 heteroatoms. The molecule has 3 rings (SSSR count). The molecule has 0 saturated heterocycles. The Balaban J connectivity index is 1.93. The molecular weight excluding hydrogens is 649 g/mol. The van der Waals surface area contributed by atoms with Crippen molar-refractivity contribution in [2.24, 2.45) is 5.92 Å². The zero-order valence-corrected chi connectivity index (χ0v) is 29.4. The maximum atomic E-state index is 14.6. The van der Waals surface area contributed by atoms with Crippen molar-refractivity contribution < 1.29 is 42.6 Å². The summed E-state index contributed by atoms with van der Waals surface area (Å²) in [7, 11) is -4.38. The van der Waals surface area contributed by atoms with E-state index in [-0.39, 0.29) is 36.7 Å². The van der Waals surface area contributed by atoms with Crippen molar-refractivity contribution >= 4 is 31.5 Å². The number of aliphatic carboxylic acids is 1. The van der Waals surface area contributed by atoms with Crippen molar-refractivity contribution in [3.05, 3.63) is 96.6 Å². The van der Waals surface area contributed by atoms with Crippen molar-refractivity contribution in [1.82, 2.24) is 16.0 Å². The van der Waals surface area contributed by atoms with Crippen molar-refractivity contribution in [2.45, 2.75) is 83.8 Å². The second-order valence-electron chi connectivity index (χ2n) is 12.9. The second kappa shape index (κ2) is 18.1. The number of benzene rings is 3. The minimum absolute atomic E-state index is 0.0900. The minimum atomic E-state index is -4.38. The van der Waals surface area contributed by atoms with Crippen LogP contribution < -0.4 is 25.0 Å². The van der Waals surface area contributed by atoms with Crippen molar-refractivity contribution in [2.75, 3.05) is 0 Å². The fourth-order valence-corrected chi connectivity index (χ4v) is 6.57. The molecule has 264 valence electrons. The first-order valence-electron chi connectivity index (χ1n) is 16.1. The van der Waals surface area contributed by atoms with Crippen molar-refractivity contribution in [3.63, 3.8) is 0 Å². The smallest absolute Gasteiger partial charge is 0.452 e. The normalized spacial score (nSPS) is 13.3. The van der Waals surface area contributed by atoms with Gasteiger partial charge in [-0.2, -0.15) is 0 Å². The Hall–Kier alpha value is -4.83. The van der Waals surface area contributed by atoms with Gasteiger partial charge in [-0.25, -0.2) is 9.36 Å². The van der Waals surface area contributed by atoms with E-state index in [1.54, 1.807) is 106 Å². The van der Waals surface area contributed by atoms with E-state index < -0.39 is 61.4 Å². The van der Waals surface area contributed by atoms with Crippen LogP contribution in [0.25, 0.3) is 0 Å². The van der Waals surface area contributed by atoms with E-state index in [9.17, 15) is 28.8 Å². The third kappa shape index (κ3) is 13.7. The maximum absolute atomic E-state index is 14.6. The number of carbonyl (C=O) groups is 4. The van der Waals surface area contributed by atoms with Crippen LogP contribution in [0.3, 0.4) is 0 Å². The highest BCUT2D eigenvalue weighted by Crippen LogP contribution is 2.53. The number of alkyl carbamates (subject to hydrolysis) is 1. The zero-order chi connectivity index (χ0) is 36.0. The number of carboxylic acid groups (broad SMARTS) is 1. The van der Waals surface area contributed by atoms with E-state index in [0.717, 1.165) is 5.56 Å². The Kier molecular flexibility index (Phi) is 14.2. The molecule has 0 aliphatic heterocycles. The highest BCUT2D eigenvalue weighted by atomic mass is 31.2. The predicted molar refractivity (Wildman–Crippen MR) is 185 cm³/mol. The molecule has 3 amide bonds. The third-order valence-electron chi connectivity index (χ3n) is 6.90. The first kappa shape index (κ1) is 38.6. The summed E-state index contributed by atoms with van der Waals surface area (Å²) in [6, 6.07) is 23.1. The van der Waals surface area contributed by atoms with Gasteiger partial charge in [-0.15, -0.1) is 0 Å². The third-order valence-corrected chi connectivity index (χ3v) is 8.99. The summed E-state index contributed by atoms with van der Waals surface area (Å²) in [4.78, 5) is 52.2. The van der Waals surface area contributed by atoms with Crippen LogP contribution in [0.5, 0.6) is 11.5 Å². The van der Waals surface area contributed by atoms with Crippen LogP contribution in [0.4, 0.5) is 4.79 Å². The average Bonchev–Trinajstić information content (AvgIpc) is 3.02. The Morgan fingerprint density at radius 3 is 1.69 bits per heavy atom. The molecule has 3 aromatic carbocycles. The number of carbonyl (C=O) groups excluding carboxylic acids is 3. The lowest BCUT2D eigenvalue weighted by Crippen LogP contribution is -2.56. The number of hydrogen-bond donors (Lipinski definition) is 4. The van der Waals surface area contributed by atoms with Crippen LogP contribution in [0.2, 0.25) is 0 Å². The molecule has 0 aliphatic rings. The van der Waals surface area contributed by atoms with E-state index in [1.165, 1.54) is 0 Å². The fraction of sp³-hybridized carbons (Fsp3) is 0.389. The quantitative estimate of drug-likeness (QED) is 0.118. The summed E-state index contributed by atoms with van der Waals surface area (Å²) >= 11 is 0. The first-order valence-corrected chi connectivity index (χ1v) is 17.7. The van der Waals surface area contributed by atoms with E-state index in [2.05, 4.69) is 16.0 Å². The highest BCUT2D eigenvalue weighted by Gasteiger charge is 2.42. The summed E-state index contributed by atoms with van der Waals surface area (Å²) in [5.74, 6) is -3.73. The van der Waals surface area contributed by atoms with Gasteiger partial charge in [-0.3, -0.25) is 14.4 Å². The minimum Gasteiger partial charge on any atom is -0.481 e. The fourth-order valence-electron chi connectivity index (χ4n) is 4.72. The maximum Gasteiger partial charge on any atom is 0.452 e. The summed E-state index contributed by atoms with van der Waals surface area (Å²) in [6.07, 6.45) is -1.31. The summed E-state index contributed by atoms with van der Waals surface area (Å²) in [5.41, 5.74) is -0.0603. The van der Waals surface area contributed by atoms with E-state index >= 15 is 0 Å². The molecule has 3 atom stereocenters. The molecule has 0 radical (unpaired) electrons. The van der Waals surface area contributed by atoms with E-state index in [4.69, 9.17) is 13.8 Å². The summed E-state index contributed by atoms with van der Waals surface area (Å²) in [5, 5.41) is 17.6. The average molecular weight is 696 g/mol. The Morgan fingerprint density at radius 1 is 0.735 bits per heavy atom. The molecule has 4 N–H and O–H groups in total. The number of ether oxygens (including phenoxy) is 1. The Morgan fingerprint density at radius 2 is 1.22 bits per heavy atom. The van der Waals surface area contributed by atoms with Gasteiger partial charge in [-0.05, 0) is 69.4 Å². The number of para-hydroxylation sites is 2. The van der Waals surface area contributed by atoms with Crippen LogP contribution in [0.15, 0.2) is 91.0 Å². The van der Waals surface area contributed by atoms with Gasteiger partial charge in [0.15, 0.2) is 5.78 Å². The molecule has 3 aromatic rings. The molecule has 0 aliphatic carbocycles. The predicted octanol–water partition coefficient (Wildman–Crippen LogP) is 6.31. The molecule has 0 heterocycles. The lowest BCUT2D eigenvalue weighted by molar-refractivity contribution is -0.137. The van der Waals surface area contributed by atoms with E-state index in [0.29, 0.717) is 0 Å². The largest absolute Gasteiger partial charge is 0.481 e. The number of hydrogen-bond acceptors (Lipinski definition) is 8. The monoisotopic (exact) mass is 695 g/mol. The van der Waals surface area contributed by atoms with Crippen LogP contribution in [0, 0.1) is 5.92 Å². The molecule has 12 nitrogen and oxygen atoms in total. The van der Waals surface area contributed by atoms with Crippen LogP contribution in [-0.4, -0.2) is 52.5 Å². The second-order valence-corrected chi connectivity index (χ2v) is 15.0. The van der Waals surface area contributed by atoms with Gasteiger partial charge in [0, 0.05) is 12.8 Å². The summed E-state index contributed by atoms with van der Waals surface area (Å²) in [6.45, 7) is 8.81. The van der Waals surface area contributed by atoms with Gasteiger partial charge in [-0.1, -0.05) is 80.6 Å². The van der Waals surface area contributed by atoms with Gasteiger partial charge in [0.2, 0.25) is 11.8 Å². The number of rotatable bonds is 17. The molecule has 0 aromatic heterocycles. The first-order chi connectivity index (χ1) is 23.1. The van der Waals surface area contributed by atoms with Gasteiger partial charge in [0.25, 0.3) is 0 Å². The van der Waals surface area contributed by atoms with Crippen molar-refractivity contribution in [3.8, 4) is 11.5 Å². The highest BCUT2D eigenvalue weighted by molar-refractivity contribution is 7.55. The topological polar surface area (TPSA) is 169 Å². The molecule has 0 fully saturated rings. The molecule has 0 saturated carbocycles. The lowest BCUT2D eigenvalue weighted by atomic mass is 10.0. The number of amides is 3. The van der Waals surface area contributed by atoms with E-state index in [1.807, 2.05) is 19.9 Å². The SMILES string of the molecule is CC(C)C[C@H](NC(=O)[C@H](Cc1ccccc1)NC(=O)OC(C)(C)C)C(=O)N[C@@H](CCC(=O)O)P(=O)(Oc1ccccc1)Oc1ccccc1. The molecule has 0 spiro atoms. The Bertz CT molecular complexity index is 1520. The molecule has 0 unspecified atom stereocenters. The summed E-state index contributed by atoms with van der Waals surface area (Å²) < 4.78 is 31.8. The van der Waals surface area contributed by atoms with Gasteiger partial charge in [0.1, 0.15) is 29.2 Å². The van der Waals surface area contributed by atoms with Gasteiger partial charge < -0.3 is 34.8 Å².